The molecule has 0 aliphatic rings. The molecule has 0 aliphatic carbocycles. The van der Waals surface area contributed by atoms with Crippen LogP contribution in [0.5, 0.6) is 0 Å². The molecule has 108 valence electrons. The van der Waals surface area contributed by atoms with Crippen molar-refractivity contribution in [3.05, 3.63) is 24.3 Å². The molecule has 1 aromatic rings. The van der Waals surface area contributed by atoms with Gasteiger partial charge >= 0.3 is 0 Å². The van der Waals surface area contributed by atoms with Crippen LogP contribution in [0.4, 0.5) is 5.69 Å². The number of hydrogen-bond acceptors (Lipinski definition) is 4. The van der Waals surface area contributed by atoms with Gasteiger partial charge in [0.2, 0.25) is 10.0 Å². The summed E-state index contributed by atoms with van der Waals surface area (Å²) in [7, 11) is -1.93. The van der Waals surface area contributed by atoms with Crippen LogP contribution in [-0.2, 0) is 14.8 Å². The highest BCUT2D eigenvalue weighted by molar-refractivity contribution is 7.89. The molecular weight excluding hydrogens is 264 g/mol. The molecule has 3 N–H and O–H groups in total. The first-order chi connectivity index (χ1) is 8.74. The summed E-state index contributed by atoms with van der Waals surface area (Å²) in [5.41, 5.74) is 0.979. The highest BCUT2D eigenvalue weighted by Gasteiger charge is 2.17. The minimum atomic E-state index is -3.62. The number of sulfonamides is 1. The standard InChI is InChI=1S/C13H22N2O3S/c1-13(2,8-9-18-3)10-15-11-4-6-12(7-5-11)19(14,16)17/h4-7,15H,8-10H2,1-3H3,(H2,14,16,17). The van der Waals surface area contributed by atoms with Gasteiger partial charge in [-0.15, -0.1) is 0 Å². The van der Waals surface area contributed by atoms with Crippen LogP contribution in [0.3, 0.4) is 0 Å². The molecule has 0 radical (unpaired) electrons. The van der Waals surface area contributed by atoms with Crippen LogP contribution < -0.4 is 10.5 Å². The van der Waals surface area contributed by atoms with Gasteiger partial charge in [0.1, 0.15) is 0 Å². The minimum Gasteiger partial charge on any atom is -0.385 e. The molecule has 0 aliphatic heterocycles. The Kier molecular flexibility index (Phi) is 5.34. The number of anilines is 1. The van der Waals surface area contributed by atoms with Gasteiger partial charge in [0, 0.05) is 25.9 Å². The van der Waals surface area contributed by atoms with Crippen LogP contribution in [0.15, 0.2) is 29.2 Å². The molecule has 5 nitrogen and oxygen atoms in total. The van der Waals surface area contributed by atoms with Crippen molar-refractivity contribution in [2.75, 3.05) is 25.6 Å². The first kappa shape index (κ1) is 15.9. The van der Waals surface area contributed by atoms with Crippen LogP contribution in [-0.4, -0.2) is 28.7 Å². The van der Waals surface area contributed by atoms with E-state index in [1.165, 1.54) is 12.1 Å². The van der Waals surface area contributed by atoms with Crippen molar-refractivity contribution < 1.29 is 13.2 Å². The molecule has 19 heavy (non-hydrogen) atoms. The topological polar surface area (TPSA) is 81.4 Å². The smallest absolute Gasteiger partial charge is 0.238 e. The zero-order valence-electron chi connectivity index (χ0n) is 11.6. The van der Waals surface area contributed by atoms with Crippen molar-refractivity contribution >= 4 is 15.7 Å². The van der Waals surface area contributed by atoms with Crippen LogP contribution in [0.1, 0.15) is 20.3 Å². The number of primary sulfonamides is 1. The van der Waals surface area contributed by atoms with Gasteiger partial charge in [0.15, 0.2) is 0 Å². The average Bonchev–Trinajstić information content (AvgIpc) is 2.34. The Labute approximate surface area is 115 Å². The highest BCUT2D eigenvalue weighted by atomic mass is 32.2. The summed E-state index contributed by atoms with van der Waals surface area (Å²) in [6.07, 6.45) is 0.950. The highest BCUT2D eigenvalue weighted by Crippen LogP contribution is 2.21. The zero-order chi connectivity index (χ0) is 14.5. The predicted molar refractivity (Wildman–Crippen MR) is 76.6 cm³/mol. The van der Waals surface area contributed by atoms with Gasteiger partial charge in [-0.25, -0.2) is 13.6 Å². The second-order valence-corrected chi connectivity index (χ2v) is 6.89. The van der Waals surface area contributed by atoms with Crippen LogP contribution in [0, 0.1) is 5.41 Å². The fraction of sp³-hybridized carbons (Fsp3) is 0.538. The van der Waals surface area contributed by atoms with Crippen molar-refractivity contribution in [2.24, 2.45) is 10.6 Å². The molecule has 6 heteroatoms. The van der Waals surface area contributed by atoms with E-state index in [-0.39, 0.29) is 10.3 Å². The molecule has 0 aromatic heterocycles. The SMILES string of the molecule is COCCC(C)(C)CNc1ccc(S(N)(=O)=O)cc1. The van der Waals surface area contributed by atoms with Crippen molar-refractivity contribution in [1.82, 2.24) is 0 Å². The van der Waals surface area contributed by atoms with Gasteiger partial charge in [0.05, 0.1) is 4.90 Å². The molecule has 0 unspecified atom stereocenters. The van der Waals surface area contributed by atoms with Crippen molar-refractivity contribution in [3.8, 4) is 0 Å². The number of benzene rings is 1. The number of methoxy groups -OCH3 is 1. The molecule has 0 saturated heterocycles. The summed E-state index contributed by atoms with van der Waals surface area (Å²) in [5.74, 6) is 0. The minimum absolute atomic E-state index is 0.106. The monoisotopic (exact) mass is 286 g/mol. The summed E-state index contributed by atoms with van der Waals surface area (Å²) in [6.45, 7) is 5.81. The molecule has 0 amide bonds. The molecule has 0 bridgehead atoms. The van der Waals surface area contributed by atoms with E-state index in [9.17, 15) is 8.42 Å². The molecule has 0 spiro atoms. The number of nitrogens with two attached hydrogens (primary N) is 1. The van der Waals surface area contributed by atoms with E-state index in [0.29, 0.717) is 0 Å². The van der Waals surface area contributed by atoms with E-state index in [2.05, 4.69) is 19.2 Å². The average molecular weight is 286 g/mol. The Bertz CT molecular complexity index is 495. The second kappa shape index (κ2) is 6.36. The lowest BCUT2D eigenvalue weighted by atomic mass is 9.89. The maximum atomic E-state index is 11.1. The van der Waals surface area contributed by atoms with Crippen LogP contribution >= 0.6 is 0 Å². The van der Waals surface area contributed by atoms with Crippen LogP contribution in [0.25, 0.3) is 0 Å². The summed E-state index contributed by atoms with van der Waals surface area (Å²) in [4.78, 5) is 0.122. The normalized spacial score (nSPS) is 12.4. The third kappa shape index (κ3) is 5.59. The lowest BCUT2D eigenvalue weighted by Crippen LogP contribution is -2.24. The molecule has 0 atom stereocenters. The van der Waals surface area contributed by atoms with Gasteiger partial charge in [-0.3, -0.25) is 0 Å². The van der Waals surface area contributed by atoms with E-state index in [0.717, 1.165) is 25.3 Å². The van der Waals surface area contributed by atoms with Crippen LogP contribution in [0.2, 0.25) is 0 Å². The molecule has 0 saturated carbocycles. The summed E-state index contributed by atoms with van der Waals surface area (Å²) in [5, 5.41) is 8.32. The first-order valence-corrected chi connectivity index (χ1v) is 7.65. The Morgan fingerprint density at radius 1 is 1.26 bits per heavy atom. The Balaban J connectivity index is 2.59. The maximum absolute atomic E-state index is 11.1. The Hall–Kier alpha value is -1.11. The first-order valence-electron chi connectivity index (χ1n) is 6.10. The number of nitrogens with one attached hydrogen (secondary N) is 1. The maximum Gasteiger partial charge on any atom is 0.238 e. The summed E-state index contributed by atoms with van der Waals surface area (Å²) < 4.78 is 27.3. The van der Waals surface area contributed by atoms with Gasteiger partial charge in [-0.05, 0) is 36.1 Å². The molecule has 0 heterocycles. The number of rotatable bonds is 7. The Morgan fingerprint density at radius 3 is 2.32 bits per heavy atom. The third-order valence-corrected chi connectivity index (χ3v) is 3.87. The third-order valence-electron chi connectivity index (χ3n) is 2.94. The van der Waals surface area contributed by atoms with E-state index in [1.807, 2.05) is 0 Å². The van der Waals surface area contributed by atoms with E-state index >= 15 is 0 Å². The van der Waals surface area contributed by atoms with E-state index in [4.69, 9.17) is 9.88 Å². The summed E-state index contributed by atoms with van der Waals surface area (Å²) in [6, 6.07) is 6.43. The lowest BCUT2D eigenvalue weighted by molar-refractivity contribution is 0.157. The zero-order valence-corrected chi connectivity index (χ0v) is 12.5. The summed E-state index contributed by atoms with van der Waals surface area (Å²) >= 11 is 0. The van der Waals surface area contributed by atoms with E-state index in [1.54, 1.807) is 19.2 Å². The fourth-order valence-electron chi connectivity index (χ4n) is 1.57. The van der Waals surface area contributed by atoms with Crippen molar-refractivity contribution in [1.29, 1.82) is 0 Å². The van der Waals surface area contributed by atoms with Gasteiger partial charge in [0.25, 0.3) is 0 Å². The molecular formula is C13H22N2O3S. The lowest BCUT2D eigenvalue weighted by Gasteiger charge is -2.25. The number of hydrogen-bond donors (Lipinski definition) is 2. The largest absolute Gasteiger partial charge is 0.385 e. The molecule has 1 rings (SSSR count). The van der Waals surface area contributed by atoms with E-state index < -0.39 is 10.0 Å². The Morgan fingerprint density at radius 2 is 1.84 bits per heavy atom. The quantitative estimate of drug-likeness (QED) is 0.801. The molecule has 1 aromatic carbocycles. The van der Waals surface area contributed by atoms with Gasteiger partial charge in [-0.1, -0.05) is 13.8 Å². The fourth-order valence-corrected chi connectivity index (χ4v) is 2.09. The van der Waals surface area contributed by atoms with Crippen molar-refractivity contribution in [2.45, 2.75) is 25.2 Å². The predicted octanol–water partition coefficient (Wildman–Crippen LogP) is 1.81. The van der Waals surface area contributed by atoms with Crippen molar-refractivity contribution in [3.63, 3.8) is 0 Å². The number of ether oxygens (including phenoxy) is 1. The van der Waals surface area contributed by atoms with Gasteiger partial charge < -0.3 is 10.1 Å². The van der Waals surface area contributed by atoms with Gasteiger partial charge in [-0.2, -0.15) is 0 Å². The molecule has 0 fully saturated rings. The second-order valence-electron chi connectivity index (χ2n) is 5.33.